The van der Waals surface area contributed by atoms with E-state index in [-0.39, 0.29) is 33.9 Å². The number of thioether (sulfide) groups is 1. The normalized spacial score (nSPS) is 16.4. The summed E-state index contributed by atoms with van der Waals surface area (Å²) >= 11 is 5.63. The lowest BCUT2D eigenvalue weighted by molar-refractivity contribution is -0.123. The summed E-state index contributed by atoms with van der Waals surface area (Å²) in [4.78, 5) is 32.3. The van der Waals surface area contributed by atoms with Crippen molar-refractivity contribution in [3.05, 3.63) is 47.1 Å². The predicted molar refractivity (Wildman–Crippen MR) is 110 cm³/mol. The quantitative estimate of drug-likeness (QED) is 0.496. The summed E-state index contributed by atoms with van der Waals surface area (Å²) in [5, 5.41) is 2.71. The summed E-state index contributed by atoms with van der Waals surface area (Å²) in [7, 11) is 1.72. The molecular formula is C19H18ClF3N4O2S. The molecule has 1 aliphatic rings. The fourth-order valence-corrected chi connectivity index (χ4v) is 3.89. The number of halogens is 4. The smallest absolute Gasteiger partial charge is 0.373 e. The van der Waals surface area contributed by atoms with Gasteiger partial charge in [-0.2, -0.15) is 13.2 Å². The predicted octanol–water partition coefficient (Wildman–Crippen LogP) is 5.14. The maximum Gasteiger partial charge on any atom is 0.446 e. The first-order valence-corrected chi connectivity index (χ1v) is 9.97. The van der Waals surface area contributed by atoms with Gasteiger partial charge in [0.05, 0.1) is 10.7 Å². The van der Waals surface area contributed by atoms with Crippen molar-refractivity contribution >= 4 is 46.8 Å². The second kappa shape index (κ2) is 7.99. The minimum absolute atomic E-state index is 0.114. The van der Waals surface area contributed by atoms with Crippen LogP contribution in [-0.2, 0) is 11.3 Å². The van der Waals surface area contributed by atoms with Crippen molar-refractivity contribution in [1.82, 2.24) is 9.88 Å². The van der Waals surface area contributed by atoms with Crippen molar-refractivity contribution in [2.75, 3.05) is 17.3 Å². The molecule has 1 aliphatic heterocycles. The lowest BCUT2D eigenvalue weighted by Crippen LogP contribution is -2.43. The van der Waals surface area contributed by atoms with E-state index in [0.717, 1.165) is 16.5 Å². The molecule has 3 amide bonds. The fraction of sp³-hybridized carbons (Fsp3) is 0.316. The fourth-order valence-electron chi connectivity index (χ4n) is 3.06. The number of alkyl halides is 3. The molecule has 3 rings (SSSR count). The Hall–Kier alpha value is -2.46. The summed E-state index contributed by atoms with van der Waals surface area (Å²) in [6.45, 7) is 3.38. The van der Waals surface area contributed by atoms with Crippen molar-refractivity contribution < 1.29 is 22.8 Å². The standard InChI is InChI=1S/C19H18ClF3N4O2S/c1-18(2)16(28)27(12-4-5-14(13(20)9-12)30-19(21,22)23)17(29)26(18)10-11-6-7-25-15(8-11)24-3/h4-9H,10H2,1-3H3,(H,24,25). The van der Waals surface area contributed by atoms with Gasteiger partial charge < -0.3 is 10.2 Å². The Morgan fingerprint density at radius 3 is 2.50 bits per heavy atom. The second-order valence-electron chi connectivity index (χ2n) is 7.03. The highest BCUT2D eigenvalue weighted by Gasteiger charge is 2.51. The van der Waals surface area contributed by atoms with Crippen LogP contribution in [0.25, 0.3) is 0 Å². The van der Waals surface area contributed by atoms with E-state index in [1.165, 1.54) is 17.0 Å². The molecule has 0 bridgehead atoms. The SMILES string of the molecule is CNc1cc(CN2C(=O)N(c3ccc(SC(F)(F)F)c(Cl)c3)C(=O)C2(C)C)ccn1. The molecule has 2 aromatic rings. The van der Waals surface area contributed by atoms with E-state index in [0.29, 0.717) is 5.82 Å². The van der Waals surface area contributed by atoms with Gasteiger partial charge in [0.1, 0.15) is 11.4 Å². The molecule has 0 unspecified atom stereocenters. The number of pyridine rings is 1. The highest BCUT2D eigenvalue weighted by atomic mass is 35.5. The van der Waals surface area contributed by atoms with Crippen LogP contribution >= 0.6 is 23.4 Å². The van der Waals surface area contributed by atoms with E-state index in [9.17, 15) is 22.8 Å². The third-order valence-corrected chi connectivity index (χ3v) is 5.88. The van der Waals surface area contributed by atoms with E-state index in [2.05, 4.69) is 10.3 Å². The zero-order chi connectivity index (χ0) is 22.3. The highest BCUT2D eigenvalue weighted by molar-refractivity contribution is 8.00. The number of anilines is 2. The summed E-state index contributed by atoms with van der Waals surface area (Å²) in [5.74, 6) is 0.118. The van der Waals surface area contributed by atoms with E-state index in [4.69, 9.17) is 11.6 Å². The van der Waals surface area contributed by atoms with Crippen LogP contribution in [0.15, 0.2) is 41.4 Å². The van der Waals surface area contributed by atoms with Crippen LogP contribution in [0.5, 0.6) is 0 Å². The number of carbonyl (C=O) groups excluding carboxylic acids is 2. The van der Waals surface area contributed by atoms with Crippen LogP contribution < -0.4 is 10.2 Å². The van der Waals surface area contributed by atoms with Crippen LogP contribution in [0.2, 0.25) is 5.02 Å². The Morgan fingerprint density at radius 2 is 1.90 bits per heavy atom. The van der Waals surface area contributed by atoms with Crippen LogP contribution in [-0.4, -0.2) is 39.9 Å². The molecule has 6 nitrogen and oxygen atoms in total. The Labute approximate surface area is 180 Å². The molecule has 1 fully saturated rings. The molecule has 0 radical (unpaired) electrons. The van der Waals surface area contributed by atoms with Crippen LogP contribution in [0, 0.1) is 0 Å². The summed E-state index contributed by atoms with van der Waals surface area (Å²) in [5.41, 5.74) is -4.78. The molecule has 2 heterocycles. The molecular weight excluding hydrogens is 441 g/mol. The van der Waals surface area contributed by atoms with Gasteiger partial charge in [0, 0.05) is 24.7 Å². The second-order valence-corrected chi connectivity index (χ2v) is 8.54. The van der Waals surface area contributed by atoms with Gasteiger partial charge in [-0.15, -0.1) is 0 Å². The molecule has 1 aromatic carbocycles. The molecule has 1 saturated heterocycles. The third-order valence-electron chi connectivity index (χ3n) is 4.64. The topological polar surface area (TPSA) is 65.5 Å². The number of carbonyl (C=O) groups is 2. The molecule has 11 heteroatoms. The molecule has 30 heavy (non-hydrogen) atoms. The van der Waals surface area contributed by atoms with Crippen molar-refractivity contribution in [1.29, 1.82) is 0 Å². The molecule has 0 atom stereocenters. The molecule has 0 saturated carbocycles. The number of hydrogen-bond acceptors (Lipinski definition) is 5. The number of amides is 3. The monoisotopic (exact) mass is 458 g/mol. The van der Waals surface area contributed by atoms with Gasteiger partial charge in [-0.1, -0.05) is 11.6 Å². The van der Waals surface area contributed by atoms with E-state index < -0.39 is 23.0 Å². The Balaban J connectivity index is 1.91. The zero-order valence-corrected chi connectivity index (χ0v) is 17.8. The Kier molecular flexibility index (Phi) is 5.92. The summed E-state index contributed by atoms with van der Waals surface area (Å²) < 4.78 is 37.9. The minimum atomic E-state index is -4.50. The lowest BCUT2D eigenvalue weighted by Gasteiger charge is -2.27. The average Bonchev–Trinajstić information content (AvgIpc) is 2.82. The molecule has 1 aromatic heterocycles. The summed E-state index contributed by atoms with van der Waals surface area (Å²) in [6.07, 6.45) is 1.59. The number of urea groups is 1. The van der Waals surface area contributed by atoms with Crippen LogP contribution in [0.1, 0.15) is 19.4 Å². The van der Waals surface area contributed by atoms with Gasteiger partial charge in [0.2, 0.25) is 0 Å². The highest BCUT2D eigenvalue weighted by Crippen LogP contribution is 2.42. The van der Waals surface area contributed by atoms with Gasteiger partial charge in [0.15, 0.2) is 0 Å². The first-order valence-electron chi connectivity index (χ1n) is 8.78. The maximum atomic E-state index is 13.1. The van der Waals surface area contributed by atoms with E-state index in [1.54, 1.807) is 39.2 Å². The largest absolute Gasteiger partial charge is 0.446 e. The number of nitrogens with one attached hydrogen (secondary N) is 1. The Morgan fingerprint density at radius 1 is 1.20 bits per heavy atom. The van der Waals surface area contributed by atoms with Crippen molar-refractivity contribution in [3.63, 3.8) is 0 Å². The zero-order valence-electron chi connectivity index (χ0n) is 16.2. The average molecular weight is 459 g/mol. The maximum absolute atomic E-state index is 13.1. The number of nitrogens with zero attached hydrogens (tertiary/aromatic N) is 3. The van der Waals surface area contributed by atoms with Crippen LogP contribution in [0.3, 0.4) is 0 Å². The number of aromatic nitrogens is 1. The van der Waals surface area contributed by atoms with E-state index in [1.807, 2.05) is 0 Å². The number of imide groups is 1. The van der Waals surface area contributed by atoms with Crippen molar-refractivity contribution in [2.24, 2.45) is 0 Å². The van der Waals surface area contributed by atoms with Gasteiger partial charge in [-0.25, -0.2) is 14.7 Å². The van der Waals surface area contributed by atoms with Gasteiger partial charge in [0.25, 0.3) is 5.91 Å². The first-order chi connectivity index (χ1) is 13.9. The molecule has 0 spiro atoms. The minimum Gasteiger partial charge on any atom is -0.373 e. The van der Waals surface area contributed by atoms with Crippen molar-refractivity contribution in [3.8, 4) is 0 Å². The third kappa shape index (κ3) is 4.34. The number of rotatable bonds is 5. The molecule has 1 N–H and O–H groups in total. The van der Waals surface area contributed by atoms with E-state index >= 15 is 0 Å². The van der Waals surface area contributed by atoms with Crippen molar-refractivity contribution in [2.45, 2.75) is 36.3 Å². The lowest BCUT2D eigenvalue weighted by atomic mass is 10.0. The Bertz CT molecular complexity index is 1000. The molecule has 0 aliphatic carbocycles. The number of hydrogen-bond donors (Lipinski definition) is 1. The molecule has 160 valence electrons. The summed E-state index contributed by atoms with van der Waals surface area (Å²) in [6, 6.07) is 6.53. The first kappa shape index (κ1) is 22.2. The number of benzene rings is 1. The van der Waals surface area contributed by atoms with Crippen LogP contribution in [0.4, 0.5) is 29.5 Å². The van der Waals surface area contributed by atoms with Gasteiger partial charge in [-0.3, -0.25) is 4.79 Å². The van der Waals surface area contributed by atoms with Gasteiger partial charge >= 0.3 is 11.5 Å². The van der Waals surface area contributed by atoms with Gasteiger partial charge in [-0.05, 0) is 61.5 Å².